The zero-order chi connectivity index (χ0) is 13.8. The Kier molecular flexibility index (Phi) is 3.10. The van der Waals surface area contributed by atoms with Gasteiger partial charge in [-0.1, -0.05) is 26.3 Å². The van der Waals surface area contributed by atoms with Crippen molar-refractivity contribution in [3.05, 3.63) is 11.6 Å². The molecule has 106 valence electrons. The molecule has 2 fully saturated rings. The Labute approximate surface area is 115 Å². The third kappa shape index (κ3) is 1.74. The Balaban J connectivity index is 2.02. The van der Waals surface area contributed by atoms with E-state index < -0.39 is 0 Å². The molecule has 1 heterocycles. The van der Waals surface area contributed by atoms with Crippen molar-refractivity contribution in [2.24, 2.45) is 23.2 Å². The first-order valence-electron chi connectivity index (χ1n) is 7.40. The first kappa shape index (κ1) is 13.3. The molecule has 2 aliphatic carbocycles. The van der Waals surface area contributed by atoms with Gasteiger partial charge in [-0.25, -0.2) is 0 Å². The van der Waals surface area contributed by atoms with Gasteiger partial charge in [0.05, 0.1) is 6.10 Å². The molecular formula is C16H24O3. The number of fused-ring (bicyclic) bond motifs is 3. The van der Waals surface area contributed by atoms with E-state index in [4.69, 9.17) is 9.47 Å². The van der Waals surface area contributed by atoms with Gasteiger partial charge in [0.2, 0.25) is 0 Å². The predicted octanol–water partition coefficient (Wildman–Crippen LogP) is 2.95. The summed E-state index contributed by atoms with van der Waals surface area (Å²) in [4.78, 5) is 11.8. The van der Waals surface area contributed by atoms with Gasteiger partial charge in [0, 0.05) is 25.4 Å². The van der Waals surface area contributed by atoms with Gasteiger partial charge in [-0.3, -0.25) is 4.79 Å². The number of hydrogen-bond donors (Lipinski definition) is 0. The van der Waals surface area contributed by atoms with E-state index in [1.54, 1.807) is 7.11 Å². The van der Waals surface area contributed by atoms with Gasteiger partial charge in [0.1, 0.15) is 0 Å². The standard InChI is InChI=1S/C16H24O3/c1-9-7-12(17)8-11-5-6-13-14(16(9,11)3)10(2)15(18-4)19-13/h8-10,13-15H,5-7H2,1-4H3/t9-,10-,13?,14-,15+,16+/m0/s1. The minimum absolute atomic E-state index is 0.0870. The van der Waals surface area contributed by atoms with Gasteiger partial charge in [0.25, 0.3) is 0 Å². The second kappa shape index (κ2) is 4.42. The van der Waals surface area contributed by atoms with Crippen LogP contribution in [0.25, 0.3) is 0 Å². The van der Waals surface area contributed by atoms with Crippen molar-refractivity contribution in [3.63, 3.8) is 0 Å². The fourth-order valence-corrected chi connectivity index (χ4v) is 4.76. The maximum Gasteiger partial charge on any atom is 0.160 e. The third-order valence-electron chi connectivity index (χ3n) is 5.89. The van der Waals surface area contributed by atoms with Crippen molar-refractivity contribution in [3.8, 4) is 0 Å². The summed E-state index contributed by atoms with van der Waals surface area (Å²) < 4.78 is 11.6. The molecule has 3 heteroatoms. The van der Waals surface area contributed by atoms with Gasteiger partial charge in [-0.05, 0) is 30.3 Å². The molecule has 3 nitrogen and oxygen atoms in total. The first-order chi connectivity index (χ1) is 8.98. The Morgan fingerprint density at radius 1 is 1.42 bits per heavy atom. The molecule has 6 atom stereocenters. The van der Waals surface area contributed by atoms with Crippen molar-refractivity contribution in [2.45, 2.75) is 52.4 Å². The minimum Gasteiger partial charge on any atom is -0.356 e. The Bertz CT molecular complexity index is 426. The second-order valence-electron chi connectivity index (χ2n) is 6.73. The van der Waals surface area contributed by atoms with E-state index in [1.807, 2.05) is 6.08 Å². The molecule has 3 rings (SSSR count). The van der Waals surface area contributed by atoms with E-state index in [2.05, 4.69) is 20.8 Å². The van der Waals surface area contributed by atoms with Crippen molar-refractivity contribution in [2.75, 3.05) is 7.11 Å². The van der Waals surface area contributed by atoms with E-state index >= 15 is 0 Å². The number of hydrogen-bond acceptors (Lipinski definition) is 3. The SMILES string of the molecule is CO[C@@H]1OC2CCC3=CC(=O)C[C@H](C)[C@@]3(C)[C@H]2[C@@H]1C. The van der Waals surface area contributed by atoms with Crippen molar-refractivity contribution in [1.82, 2.24) is 0 Å². The topological polar surface area (TPSA) is 35.5 Å². The number of methoxy groups -OCH3 is 1. The lowest BCUT2D eigenvalue weighted by Crippen LogP contribution is -2.48. The maximum atomic E-state index is 11.8. The summed E-state index contributed by atoms with van der Waals surface area (Å²) in [5.41, 5.74) is 1.45. The van der Waals surface area contributed by atoms with Crippen LogP contribution in [0.15, 0.2) is 11.6 Å². The van der Waals surface area contributed by atoms with Gasteiger partial charge >= 0.3 is 0 Å². The van der Waals surface area contributed by atoms with Crippen molar-refractivity contribution in [1.29, 1.82) is 0 Å². The summed E-state index contributed by atoms with van der Waals surface area (Å²) in [7, 11) is 1.73. The molecule has 1 aliphatic heterocycles. The van der Waals surface area contributed by atoms with Crippen LogP contribution in [0.2, 0.25) is 0 Å². The number of rotatable bonds is 1. The number of carbonyl (C=O) groups excluding carboxylic acids is 1. The van der Waals surface area contributed by atoms with Gasteiger partial charge < -0.3 is 9.47 Å². The highest BCUT2D eigenvalue weighted by Gasteiger charge is 2.57. The molecule has 0 aromatic heterocycles. The molecule has 0 aromatic rings. The second-order valence-corrected chi connectivity index (χ2v) is 6.73. The average molecular weight is 264 g/mol. The highest BCUT2D eigenvalue weighted by atomic mass is 16.7. The fourth-order valence-electron chi connectivity index (χ4n) is 4.76. The molecule has 1 unspecified atom stereocenters. The Hall–Kier alpha value is -0.670. The van der Waals surface area contributed by atoms with Crippen LogP contribution in [0.5, 0.6) is 0 Å². The quantitative estimate of drug-likeness (QED) is 0.730. The lowest BCUT2D eigenvalue weighted by atomic mass is 9.53. The van der Waals surface area contributed by atoms with Crippen LogP contribution in [0.1, 0.15) is 40.0 Å². The zero-order valence-corrected chi connectivity index (χ0v) is 12.3. The Morgan fingerprint density at radius 2 is 2.16 bits per heavy atom. The van der Waals surface area contributed by atoms with Crippen LogP contribution in [-0.4, -0.2) is 25.3 Å². The third-order valence-corrected chi connectivity index (χ3v) is 5.89. The summed E-state index contributed by atoms with van der Waals surface area (Å²) in [6, 6.07) is 0. The molecule has 0 amide bonds. The molecule has 3 aliphatic rings. The lowest BCUT2D eigenvalue weighted by Gasteiger charge is -2.51. The van der Waals surface area contributed by atoms with E-state index in [-0.39, 0.29) is 17.8 Å². The van der Waals surface area contributed by atoms with E-state index in [1.165, 1.54) is 5.57 Å². The molecule has 0 aromatic carbocycles. The van der Waals surface area contributed by atoms with Gasteiger partial charge in [-0.15, -0.1) is 0 Å². The highest BCUT2D eigenvalue weighted by Crippen LogP contribution is 2.59. The molecule has 19 heavy (non-hydrogen) atoms. The molecular weight excluding hydrogens is 240 g/mol. The molecule has 0 spiro atoms. The van der Waals surface area contributed by atoms with Crippen molar-refractivity contribution >= 4 is 5.78 Å². The first-order valence-corrected chi connectivity index (χ1v) is 7.40. The maximum absolute atomic E-state index is 11.8. The van der Waals surface area contributed by atoms with E-state index in [0.29, 0.717) is 30.0 Å². The Morgan fingerprint density at radius 3 is 2.84 bits per heavy atom. The monoisotopic (exact) mass is 264 g/mol. The summed E-state index contributed by atoms with van der Waals surface area (Å²) in [6.45, 7) is 6.79. The smallest absolute Gasteiger partial charge is 0.160 e. The molecule has 1 saturated carbocycles. The minimum atomic E-state index is -0.0870. The zero-order valence-electron chi connectivity index (χ0n) is 12.3. The normalized spacial score (nSPS) is 49.6. The van der Waals surface area contributed by atoms with Crippen molar-refractivity contribution < 1.29 is 14.3 Å². The molecule has 1 saturated heterocycles. The molecule has 0 radical (unpaired) electrons. The summed E-state index contributed by atoms with van der Waals surface area (Å²) in [5.74, 6) is 1.56. The van der Waals surface area contributed by atoms with Crippen LogP contribution in [0, 0.1) is 23.2 Å². The summed E-state index contributed by atoms with van der Waals surface area (Å²) in [6.07, 6.45) is 4.82. The highest BCUT2D eigenvalue weighted by molar-refractivity contribution is 5.92. The fraction of sp³-hybridized carbons (Fsp3) is 0.812. The lowest BCUT2D eigenvalue weighted by molar-refractivity contribution is -0.132. The molecule has 0 bridgehead atoms. The summed E-state index contributed by atoms with van der Waals surface area (Å²) in [5, 5.41) is 0. The van der Waals surface area contributed by atoms with Gasteiger partial charge in [0.15, 0.2) is 12.1 Å². The van der Waals surface area contributed by atoms with Crippen LogP contribution in [0.4, 0.5) is 0 Å². The number of ether oxygens (including phenoxy) is 2. The largest absolute Gasteiger partial charge is 0.356 e. The van der Waals surface area contributed by atoms with E-state index in [9.17, 15) is 4.79 Å². The van der Waals surface area contributed by atoms with Crippen LogP contribution >= 0.6 is 0 Å². The van der Waals surface area contributed by atoms with Crippen LogP contribution in [0.3, 0.4) is 0 Å². The number of allylic oxidation sites excluding steroid dienone is 2. The summed E-state index contributed by atoms with van der Waals surface area (Å²) >= 11 is 0. The molecule has 0 N–H and O–H groups in total. The van der Waals surface area contributed by atoms with Crippen LogP contribution < -0.4 is 0 Å². The predicted molar refractivity (Wildman–Crippen MR) is 72.5 cm³/mol. The van der Waals surface area contributed by atoms with E-state index in [0.717, 1.165) is 12.8 Å². The average Bonchev–Trinajstić information content (AvgIpc) is 2.69. The number of carbonyl (C=O) groups is 1. The van der Waals surface area contributed by atoms with Crippen LogP contribution in [-0.2, 0) is 14.3 Å². The number of ketones is 1. The van der Waals surface area contributed by atoms with Gasteiger partial charge in [-0.2, -0.15) is 0 Å².